The highest BCUT2D eigenvalue weighted by molar-refractivity contribution is 5.32. The quantitative estimate of drug-likeness (QED) is 0.906. The highest BCUT2D eigenvalue weighted by atomic mass is 19.3. The second-order valence-corrected chi connectivity index (χ2v) is 5.11. The SMILES string of the molecule is OCc1nn(Cc2ccccc2C(F)F)c2c1CNCC2. The van der Waals surface area contributed by atoms with Crippen molar-refractivity contribution in [1.29, 1.82) is 0 Å². The molecule has 0 fully saturated rings. The number of fused-ring (bicyclic) bond motifs is 1. The molecule has 0 amide bonds. The van der Waals surface area contributed by atoms with Crippen LogP contribution in [0.5, 0.6) is 0 Å². The molecule has 0 bridgehead atoms. The molecule has 0 saturated heterocycles. The molecule has 2 heterocycles. The van der Waals surface area contributed by atoms with Gasteiger partial charge >= 0.3 is 0 Å². The van der Waals surface area contributed by atoms with Gasteiger partial charge in [-0.05, 0) is 5.56 Å². The minimum absolute atomic E-state index is 0.0428. The van der Waals surface area contributed by atoms with E-state index in [-0.39, 0.29) is 12.2 Å². The van der Waals surface area contributed by atoms with E-state index in [1.54, 1.807) is 22.9 Å². The fraction of sp³-hybridized carbons (Fsp3) is 0.400. The number of hydrogen-bond acceptors (Lipinski definition) is 3. The van der Waals surface area contributed by atoms with Crippen LogP contribution < -0.4 is 5.32 Å². The number of aliphatic hydroxyl groups is 1. The molecule has 1 aliphatic heterocycles. The molecular formula is C15H17F2N3O. The van der Waals surface area contributed by atoms with Crippen molar-refractivity contribution in [3.63, 3.8) is 0 Å². The van der Waals surface area contributed by atoms with Crippen molar-refractivity contribution in [2.75, 3.05) is 6.54 Å². The lowest BCUT2D eigenvalue weighted by Crippen LogP contribution is -2.25. The van der Waals surface area contributed by atoms with E-state index in [9.17, 15) is 13.9 Å². The number of rotatable bonds is 4. The molecule has 0 radical (unpaired) electrons. The Hall–Kier alpha value is -1.79. The molecule has 0 spiro atoms. The summed E-state index contributed by atoms with van der Waals surface area (Å²) in [6, 6.07) is 6.53. The number of alkyl halides is 2. The largest absolute Gasteiger partial charge is 0.390 e. The molecular weight excluding hydrogens is 276 g/mol. The van der Waals surface area contributed by atoms with Crippen molar-refractivity contribution in [3.8, 4) is 0 Å². The van der Waals surface area contributed by atoms with Gasteiger partial charge in [0.05, 0.1) is 18.8 Å². The highest BCUT2D eigenvalue weighted by Crippen LogP contribution is 2.25. The zero-order valence-corrected chi connectivity index (χ0v) is 11.5. The van der Waals surface area contributed by atoms with Crippen molar-refractivity contribution in [1.82, 2.24) is 15.1 Å². The molecule has 0 unspecified atom stereocenters. The molecule has 2 N–H and O–H groups in total. The number of hydrogen-bond donors (Lipinski definition) is 2. The Morgan fingerprint density at radius 2 is 2.14 bits per heavy atom. The average molecular weight is 293 g/mol. The summed E-state index contributed by atoms with van der Waals surface area (Å²) in [6.07, 6.45) is -1.70. The predicted molar refractivity (Wildman–Crippen MR) is 74.1 cm³/mol. The van der Waals surface area contributed by atoms with Crippen LogP contribution >= 0.6 is 0 Å². The predicted octanol–water partition coefficient (Wildman–Crippen LogP) is 2.01. The number of aromatic nitrogens is 2. The molecule has 1 aromatic carbocycles. The molecule has 0 atom stereocenters. The van der Waals surface area contributed by atoms with Crippen LogP contribution in [0.4, 0.5) is 8.78 Å². The van der Waals surface area contributed by atoms with E-state index in [2.05, 4.69) is 10.4 Å². The molecule has 0 aliphatic carbocycles. The van der Waals surface area contributed by atoms with E-state index in [0.717, 1.165) is 24.2 Å². The second-order valence-electron chi connectivity index (χ2n) is 5.11. The van der Waals surface area contributed by atoms with Gasteiger partial charge in [-0.2, -0.15) is 5.10 Å². The molecule has 2 aromatic rings. The van der Waals surface area contributed by atoms with Crippen LogP contribution in [0.2, 0.25) is 0 Å². The highest BCUT2D eigenvalue weighted by Gasteiger charge is 2.21. The lowest BCUT2D eigenvalue weighted by Gasteiger charge is -2.16. The first-order chi connectivity index (χ1) is 10.2. The van der Waals surface area contributed by atoms with Gasteiger partial charge in [-0.3, -0.25) is 4.68 Å². The summed E-state index contributed by atoms with van der Waals surface area (Å²) >= 11 is 0. The van der Waals surface area contributed by atoms with Gasteiger partial charge in [-0.25, -0.2) is 8.78 Å². The Morgan fingerprint density at radius 1 is 1.33 bits per heavy atom. The summed E-state index contributed by atoms with van der Waals surface area (Å²) in [6.45, 7) is 1.68. The number of aliphatic hydroxyl groups excluding tert-OH is 1. The number of benzene rings is 1. The smallest absolute Gasteiger partial charge is 0.264 e. The Kier molecular flexibility index (Phi) is 3.98. The van der Waals surface area contributed by atoms with Crippen LogP contribution in [0.15, 0.2) is 24.3 Å². The van der Waals surface area contributed by atoms with Crippen LogP contribution in [-0.4, -0.2) is 21.4 Å². The maximum Gasteiger partial charge on any atom is 0.264 e. The van der Waals surface area contributed by atoms with Gasteiger partial charge in [-0.1, -0.05) is 24.3 Å². The summed E-state index contributed by atoms with van der Waals surface area (Å²) in [7, 11) is 0. The van der Waals surface area contributed by atoms with Crippen LogP contribution in [0, 0.1) is 0 Å². The Bertz CT molecular complexity index is 640. The molecule has 21 heavy (non-hydrogen) atoms. The minimum atomic E-state index is -2.49. The van der Waals surface area contributed by atoms with Crippen molar-refractivity contribution >= 4 is 0 Å². The van der Waals surface area contributed by atoms with E-state index in [1.165, 1.54) is 6.07 Å². The third kappa shape index (κ3) is 2.69. The van der Waals surface area contributed by atoms with E-state index in [0.29, 0.717) is 24.3 Å². The van der Waals surface area contributed by atoms with E-state index >= 15 is 0 Å². The maximum absolute atomic E-state index is 13.1. The van der Waals surface area contributed by atoms with Gasteiger partial charge in [0.15, 0.2) is 0 Å². The fourth-order valence-corrected chi connectivity index (χ4v) is 2.80. The number of nitrogens with zero attached hydrogens (tertiary/aromatic N) is 2. The zero-order valence-electron chi connectivity index (χ0n) is 11.5. The summed E-state index contributed by atoms with van der Waals surface area (Å²) < 4.78 is 27.9. The van der Waals surface area contributed by atoms with Gasteiger partial charge in [0.25, 0.3) is 6.43 Å². The summed E-state index contributed by atoms with van der Waals surface area (Å²) in [5.41, 5.74) is 3.27. The molecule has 4 nitrogen and oxygen atoms in total. The first-order valence-corrected chi connectivity index (χ1v) is 6.95. The Morgan fingerprint density at radius 3 is 2.90 bits per heavy atom. The van der Waals surface area contributed by atoms with Gasteiger partial charge in [-0.15, -0.1) is 0 Å². The summed E-state index contributed by atoms with van der Waals surface area (Å²) in [4.78, 5) is 0. The lowest BCUT2D eigenvalue weighted by atomic mass is 10.1. The summed E-state index contributed by atoms with van der Waals surface area (Å²) in [5, 5.41) is 17.0. The third-order valence-electron chi connectivity index (χ3n) is 3.85. The zero-order chi connectivity index (χ0) is 14.8. The average Bonchev–Trinajstić information content (AvgIpc) is 2.86. The van der Waals surface area contributed by atoms with E-state index in [1.807, 2.05) is 0 Å². The first-order valence-electron chi connectivity index (χ1n) is 6.95. The Labute approximate surface area is 121 Å². The summed E-state index contributed by atoms with van der Waals surface area (Å²) in [5.74, 6) is 0. The van der Waals surface area contributed by atoms with Crippen molar-refractivity contribution in [2.24, 2.45) is 0 Å². The van der Waals surface area contributed by atoms with Crippen LogP contribution in [0.3, 0.4) is 0 Å². The topological polar surface area (TPSA) is 50.1 Å². The maximum atomic E-state index is 13.1. The van der Waals surface area contributed by atoms with Crippen molar-refractivity contribution in [3.05, 3.63) is 52.3 Å². The van der Waals surface area contributed by atoms with Crippen LogP contribution in [0.25, 0.3) is 0 Å². The molecule has 112 valence electrons. The molecule has 6 heteroatoms. The monoisotopic (exact) mass is 293 g/mol. The van der Waals surface area contributed by atoms with Crippen molar-refractivity contribution in [2.45, 2.75) is 32.5 Å². The third-order valence-corrected chi connectivity index (χ3v) is 3.85. The molecule has 1 aromatic heterocycles. The van der Waals surface area contributed by atoms with Crippen LogP contribution in [-0.2, 0) is 26.1 Å². The van der Waals surface area contributed by atoms with E-state index < -0.39 is 6.43 Å². The van der Waals surface area contributed by atoms with Gasteiger partial charge in [0, 0.05) is 36.3 Å². The Balaban J connectivity index is 1.97. The minimum Gasteiger partial charge on any atom is -0.390 e. The lowest BCUT2D eigenvalue weighted by molar-refractivity contribution is 0.150. The van der Waals surface area contributed by atoms with E-state index in [4.69, 9.17) is 0 Å². The fourth-order valence-electron chi connectivity index (χ4n) is 2.80. The van der Waals surface area contributed by atoms with Gasteiger partial charge < -0.3 is 10.4 Å². The molecule has 3 rings (SSSR count). The standard InChI is InChI=1S/C15H17F2N3O/c16-15(17)11-4-2-1-3-10(11)8-20-14-5-6-18-7-12(14)13(9-21)19-20/h1-4,15,18,21H,5-9H2. The normalized spacial score (nSPS) is 14.5. The number of nitrogens with one attached hydrogen (secondary N) is 1. The molecule has 0 saturated carbocycles. The molecule has 1 aliphatic rings. The first kappa shape index (κ1) is 14.2. The van der Waals surface area contributed by atoms with Gasteiger partial charge in [0.2, 0.25) is 0 Å². The van der Waals surface area contributed by atoms with Crippen molar-refractivity contribution < 1.29 is 13.9 Å². The number of halogens is 2. The van der Waals surface area contributed by atoms with Gasteiger partial charge in [0.1, 0.15) is 0 Å². The second kappa shape index (κ2) is 5.91. The van der Waals surface area contributed by atoms with Crippen LogP contribution in [0.1, 0.15) is 34.5 Å².